The molecule has 12 heteroatoms. The van der Waals surface area contributed by atoms with E-state index in [2.05, 4.69) is 9.17 Å². The Morgan fingerprint density at radius 3 is 2.64 bits per heavy atom. The molecule has 3 aromatic rings. The molecular weight excluding hydrogens is 439 g/mol. The number of esters is 1. The summed E-state index contributed by atoms with van der Waals surface area (Å²) < 4.78 is 70.6. The van der Waals surface area contributed by atoms with Crippen molar-refractivity contribution in [3.63, 3.8) is 0 Å². The SMILES string of the molecule is CCOC(=O)c1sc(-c2cc(OS(=O)(=O)C(F)(F)F)c3sccc3c2)nc1C. The second-order valence-electron chi connectivity index (χ2n) is 5.45. The van der Waals surface area contributed by atoms with E-state index in [0.29, 0.717) is 21.7 Å². The molecule has 1 aromatic carbocycles. The number of aromatic nitrogens is 1. The van der Waals surface area contributed by atoms with Crippen molar-refractivity contribution in [3.8, 4) is 16.3 Å². The van der Waals surface area contributed by atoms with Gasteiger partial charge in [-0.15, -0.1) is 22.7 Å². The molecule has 2 aromatic heterocycles. The van der Waals surface area contributed by atoms with Crippen LogP contribution in [0.2, 0.25) is 0 Å². The maximum atomic E-state index is 12.7. The van der Waals surface area contributed by atoms with E-state index in [4.69, 9.17) is 4.74 Å². The number of thiophene rings is 1. The summed E-state index contributed by atoms with van der Waals surface area (Å²) in [6.45, 7) is 3.44. The van der Waals surface area contributed by atoms with Crippen molar-refractivity contribution < 1.29 is 35.3 Å². The van der Waals surface area contributed by atoms with Crippen molar-refractivity contribution in [2.24, 2.45) is 0 Å². The van der Waals surface area contributed by atoms with E-state index >= 15 is 0 Å². The van der Waals surface area contributed by atoms with E-state index in [0.717, 1.165) is 28.7 Å². The quantitative estimate of drug-likeness (QED) is 0.317. The van der Waals surface area contributed by atoms with Crippen LogP contribution in [0.4, 0.5) is 13.2 Å². The third-order valence-corrected chi connectivity index (χ3v) is 6.60. The van der Waals surface area contributed by atoms with Crippen LogP contribution in [0.15, 0.2) is 23.6 Å². The third-order valence-electron chi connectivity index (χ3n) is 3.50. The molecule has 150 valence electrons. The van der Waals surface area contributed by atoms with E-state index in [1.165, 1.54) is 0 Å². The second kappa shape index (κ2) is 7.33. The summed E-state index contributed by atoms with van der Waals surface area (Å²) >= 11 is 2.04. The van der Waals surface area contributed by atoms with Gasteiger partial charge in [-0.3, -0.25) is 0 Å². The molecule has 0 bridgehead atoms. The van der Waals surface area contributed by atoms with Gasteiger partial charge < -0.3 is 8.92 Å². The topological polar surface area (TPSA) is 82.6 Å². The van der Waals surface area contributed by atoms with Gasteiger partial charge in [-0.25, -0.2) is 9.78 Å². The molecule has 28 heavy (non-hydrogen) atoms. The van der Waals surface area contributed by atoms with Crippen molar-refractivity contribution in [2.75, 3.05) is 6.61 Å². The first-order valence-corrected chi connectivity index (χ1v) is 10.8. The number of benzene rings is 1. The first kappa shape index (κ1) is 20.6. The van der Waals surface area contributed by atoms with Gasteiger partial charge in [-0.2, -0.15) is 21.6 Å². The number of halogens is 3. The predicted octanol–water partition coefficient (Wildman–Crippen LogP) is 4.74. The van der Waals surface area contributed by atoms with Gasteiger partial charge in [-0.1, -0.05) is 0 Å². The predicted molar refractivity (Wildman–Crippen MR) is 99.2 cm³/mol. The molecule has 0 radical (unpaired) electrons. The molecule has 2 heterocycles. The molecule has 0 aliphatic heterocycles. The van der Waals surface area contributed by atoms with Gasteiger partial charge in [0.15, 0.2) is 5.75 Å². The van der Waals surface area contributed by atoms with Crippen LogP contribution >= 0.6 is 22.7 Å². The van der Waals surface area contributed by atoms with Crippen molar-refractivity contribution in [3.05, 3.63) is 34.2 Å². The minimum absolute atomic E-state index is 0.180. The highest BCUT2D eigenvalue weighted by molar-refractivity contribution is 7.88. The van der Waals surface area contributed by atoms with Crippen molar-refractivity contribution in [2.45, 2.75) is 19.4 Å². The lowest BCUT2D eigenvalue weighted by Crippen LogP contribution is -2.28. The Bertz CT molecular complexity index is 1150. The molecule has 0 fully saturated rings. The molecule has 0 aliphatic rings. The summed E-state index contributed by atoms with van der Waals surface area (Å²) in [5, 5.41) is 2.40. The Hall–Kier alpha value is -2.18. The van der Waals surface area contributed by atoms with E-state index < -0.39 is 27.3 Å². The number of aryl methyl sites for hydroxylation is 1. The van der Waals surface area contributed by atoms with Crippen LogP contribution in [0.1, 0.15) is 22.3 Å². The van der Waals surface area contributed by atoms with Crippen LogP contribution in [0, 0.1) is 6.92 Å². The summed E-state index contributed by atoms with van der Waals surface area (Å²) in [4.78, 5) is 16.5. The minimum atomic E-state index is -5.83. The lowest BCUT2D eigenvalue weighted by Gasteiger charge is -2.11. The van der Waals surface area contributed by atoms with Crippen LogP contribution in [0.25, 0.3) is 20.7 Å². The largest absolute Gasteiger partial charge is 0.534 e. The average Bonchev–Trinajstić information content (AvgIpc) is 3.20. The Morgan fingerprint density at radius 2 is 2.00 bits per heavy atom. The number of carbonyl (C=O) groups excluding carboxylic acids is 1. The lowest BCUT2D eigenvalue weighted by atomic mass is 10.1. The Morgan fingerprint density at radius 1 is 1.29 bits per heavy atom. The van der Waals surface area contributed by atoms with Crippen molar-refractivity contribution in [1.82, 2.24) is 4.98 Å². The van der Waals surface area contributed by atoms with Gasteiger partial charge in [0, 0.05) is 5.56 Å². The highest BCUT2D eigenvalue weighted by atomic mass is 32.2. The van der Waals surface area contributed by atoms with Gasteiger partial charge in [0.05, 0.1) is 17.0 Å². The molecule has 0 unspecified atom stereocenters. The third kappa shape index (κ3) is 3.84. The molecule has 3 rings (SSSR count). The zero-order valence-corrected chi connectivity index (χ0v) is 16.8. The first-order valence-electron chi connectivity index (χ1n) is 7.70. The van der Waals surface area contributed by atoms with Crippen LogP contribution in [0.5, 0.6) is 5.75 Å². The number of hydrogen-bond acceptors (Lipinski definition) is 8. The molecule has 0 amide bonds. The molecule has 0 saturated carbocycles. The highest BCUT2D eigenvalue weighted by Gasteiger charge is 2.48. The van der Waals surface area contributed by atoms with E-state index in [-0.39, 0.29) is 16.2 Å². The minimum Gasteiger partial charge on any atom is -0.462 e. The highest BCUT2D eigenvalue weighted by Crippen LogP contribution is 2.40. The van der Waals surface area contributed by atoms with Gasteiger partial charge in [-0.05, 0) is 42.8 Å². The number of nitrogens with zero attached hydrogens (tertiary/aromatic N) is 1. The van der Waals surface area contributed by atoms with E-state index in [9.17, 15) is 26.4 Å². The van der Waals surface area contributed by atoms with Gasteiger partial charge in [0.2, 0.25) is 0 Å². The maximum Gasteiger partial charge on any atom is 0.534 e. The summed E-state index contributed by atoms with van der Waals surface area (Å²) in [6.07, 6.45) is 0. The van der Waals surface area contributed by atoms with E-state index in [1.807, 2.05) is 0 Å². The van der Waals surface area contributed by atoms with Gasteiger partial charge in [0.1, 0.15) is 9.88 Å². The molecular formula is C16H12F3NO5S3. The van der Waals surface area contributed by atoms with Crippen LogP contribution in [-0.2, 0) is 14.9 Å². The lowest BCUT2D eigenvalue weighted by molar-refractivity contribution is -0.0499. The maximum absolute atomic E-state index is 12.7. The monoisotopic (exact) mass is 451 g/mol. The molecule has 6 nitrogen and oxygen atoms in total. The van der Waals surface area contributed by atoms with Crippen molar-refractivity contribution >= 4 is 48.8 Å². The Labute approximate surface area is 165 Å². The van der Waals surface area contributed by atoms with Gasteiger partial charge >= 0.3 is 21.6 Å². The van der Waals surface area contributed by atoms with Crippen LogP contribution in [-0.4, -0.2) is 31.5 Å². The van der Waals surface area contributed by atoms with Crippen LogP contribution in [0.3, 0.4) is 0 Å². The summed E-state index contributed by atoms with van der Waals surface area (Å²) in [6, 6.07) is 4.41. The van der Waals surface area contributed by atoms with Gasteiger partial charge in [0.25, 0.3) is 0 Å². The molecule has 0 saturated heterocycles. The number of hydrogen-bond donors (Lipinski definition) is 0. The number of alkyl halides is 3. The zero-order chi connectivity index (χ0) is 20.7. The van der Waals surface area contributed by atoms with E-state index in [1.54, 1.807) is 31.4 Å². The summed E-state index contributed by atoms with van der Waals surface area (Å²) in [5.74, 6) is -1.01. The number of thiazole rings is 1. The number of rotatable bonds is 5. The Balaban J connectivity index is 2.10. The first-order chi connectivity index (χ1) is 13.0. The fraction of sp³-hybridized carbons (Fsp3) is 0.250. The zero-order valence-electron chi connectivity index (χ0n) is 14.4. The number of fused-ring (bicyclic) bond motifs is 1. The Kier molecular flexibility index (Phi) is 5.38. The molecule has 0 aliphatic carbocycles. The fourth-order valence-electron chi connectivity index (χ4n) is 2.31. The standard InChI is InChI=1S/C16H12F3NO5S3/c1-3-24-15(21)12-8(2)20-14(27-12)10-6-9-4-5-26-13(9)11(7-10)25-28(22,23)16(17,18)19/h4-7H,3H2,1-2H3. The average molecular weight is 451 g/mol. The fourth-order valence-corrected chi connectivity index (χ4v) is 4.60. The smallest absolute Gasteiger partial charge is 0.462 e. The second-order valence-corrected chi connectivity index (χ2v) is 8.90. The number of ether oxygens (including phenoxy) is 1. The number of carbonyl (C=O) groups is 1. The van der Waals surface area contributed by atoms with Crippen molar-refractivity contribution in [1.29, 1.82) is 0 Å². The summed E-state index contributed by atoms with van der Waals surface area (Å²) in [7, 11) is -5.83. The van der Waals surface area contributed by atoms with Crippen LogP contribution < -0.4 is 4.18 Å². The molecule has 0 spiro atoms. The normalized spacial score (nSPS) is 12.3. The molecule has 0 N–H and O–H groups in total. The molecule has 0 atom stereocenters. The summed E-state index contributed by atoms with van der Waals surface area (Å²) in [5.41, 5.74) is -4.84.